The van der Waals surface area contributed by atoms with Gasteiger partial charge in [0.2, 0.25) is 0 Å². The molecular weight excluding hydrogens is 246 g/mol. The van der Waals surface area contributed by atoms with E-state index in [-0.39, 0.29) is 0 Å². The van der Waals surface area contributed by atoms with Gasteiger partial charge in [0.25, 0.3) is 0 Å². The van der Waals surface area contributed by atoms with E-state index in [1.807, 2.05) is 24.4 Å². The second kappa shape index (κ2) is 5.61. The summed E-state index contributed by atoms with van der Waals surface area (Å²) in [5, 5.41) is 0. The molecule has 0 atom stereocenters. The van der Waals surface area contributed by atoms with Crippen LogP contribution in [0.15, 0.2) is 24.4 Å². The first kappa shape index (κ1) is 13.2. The third kappa shape index (κ3) is 2.19. The minimum absolute atomic E-state index is 0.477. The Balaban J connectivity index is 2.49. The first-order valence-electron chi connectivity index (χ1n) is 6.47. The van der Waals surface area contributed by atoms with Gasteiger partial charge >= 0.3 is 0 Å². The lowest BCUT2D eigenvalue weighted by Crippen LogP contribution is -2.31. The fraction of sp³-hybridized carbons (Fsp3) is 0.500. The van der Waals surface area contributed by atoms with Crippen molar-refractivity contribution in [1.82, 2.24) is 9.38 Å². The minimum Gasteiger partial charge on any atom is -0.355 e. The number of halogens is 1. The molecule has 3 nitrogen and oxygen atoms in total. The van der Waals surface area contributed by atoms with Crippen molar-refractivity contribution >= 4 is 23.1 Å². The number of nitrogens with zero attached hydrogens (tertiary/aromatic N) is 3. The predicted octanol–water partition coefficient (Wildman–Crippen LogP) is 3.70. The number of imidazole rings is 1. The zero-order valence-electron chi connectivity index (χ0n) is 11.2. The average molecular weight is 266 g/mol. The van der Waals surface area contributed by atoms with Gasteiger partial charge in [-0.3, -0.25) is 0 Å². The highest BCUT2D eigenvalue weighted by Crippen LogP contribution is 2.25. The van der Waals surface area contributed by atoms with Crippen LogP contribution in [0.4, 0.5) is 5.82 Å². The Morgan fingerprint density at radius 3 is 2.67 bits per heavy atom. The summed E-state index contributed by atoms with van der Waals surface area (Å²) >= 11 is 6.10. The van der Waals surface area contributed by atoms with Gasteiger partial charge in [-0.1, -0.05) is 19.9 Å². The van der Waals surface area contributed by atoms with Crippen molar-refractivity contribution in [2.45, 2.75) is 38.6 Å². The Kier molecular flexibility index (Phi) is 4.12. The second-order valence-corrected chi connectivity index (χ2v) is 4.79. The summed E-state index contributed by atoms with van der Waals surface area (Å²) in [4.78, 5) is 6.96. The molecule has 0 radical (unpaired) electrons. The van der Waals surface area contributed by atoms with Crippen LogP contribution in [0.25, 0.3) is 5.65 Å². The van der Waals surface area contributed by atoms with Gasteiger partial charge in [-0.15, -0.1) is 11.6 Å². The van der Waals surface area contributed by atoms with E-state index in [2.05, 4.69) is 30.2 Å². The third-order valence-electron chi connectivity index (χ3n) is 3.56. The second-order valence-electron chi connectivity index (χ2n) is 4.53. The van der Waals surface area contributed by atoms with Crippen molar-refractivity contribution in [3.8, 4) is 0 Å². The largest absolute Gasteiger partial charge is 0.355 e. The standard InChI is InChI=1S/C14H20ClN3/c1-4-11(5-2)17(3)14-12(10-15)18-9-7-6-8-13(18)16-14/h6-9,11H,4-5,10H2,1-3H3. The lowest BCUT2D eigenvalue weighted by atomic mass is 10.1. The molecule has 0 aromatic carbocycles. The van der Waals surface area contributed by atoms with Gasteiger partial charge in [-0.25, -0.2) is 4.98 Å². The van der Waals surface area contributed by atoms with Crippen molar-refractivity contribution in [3.63, 3.8) is 0 Å². The number of fused-ring (bicyclic) bond motifs is 1. The van der Waals surface area contributed by atoms with Gasteiger partial charge in [0.1, 0.15) is 5.65 Å². The number of pyridine rings is 1. The summed E-state index contributed by atoms with van der Waals surface area (Å²) in [6, 6.07) is 6.53. The molecule has 2 heterocycles. The van der Waals surface area contributed by atoms with E-state index in [0.29, 0.717) is 11.9 Å². The van der Waals surface area contributed by atoms with Crippen LogP contribution in [0, 0.1) is 0 Å². The van der Waals surface area contributed by atoms with E-state index in [1.54, 1.807) is 0 Å². The molecule has 18 heavy (non-hydrogen) atoms. The SMILES string of the molecule is CCC(CC)N(C)c1nc2ccccn2c1CCl. The lowest BCUT2D eigenvalue weighted by molar-refractivity contribution is 0.586. The minimum atomic E-state index is 0.477. The van der Waals surface area contributed by atoms with Crippen molar-refractivity contribution in [2.24, 2.45) is 0 Å². The van der Waals surface area contributed by atoms with Gasteiger partial charge in [0.05, 0.1) is 11.6 Å². The molecule has 0 amide bonds. The summed E-state index contributed by atoms with van der Waals surface area (Å²) in [7, 11) is 2.11. The number of aromatic nitrogens is 2. The summed E-state index contributed by atoms with van der Waals surface area (Å²) < 4.78 is 2.07. The van der Waals surface area contributed by atoms with Gasteiger partial charge in [0.15, 0.2) is 5.82 Å². The highest BCUT2D eigenvalue weighted by atomic mass is 35.5. The van der Waals surface area contributed by atoms with E-state index < -0.39 is 0 Å². The molecule has 0 bridgehead atoms. The Labute approximate surface area is 113 Å². The van der Waals surface area contributed by atoms with E-state index >= 15 is 0 Å². The van der Waals surface area contributed by atoms with Crippen LogP contribution in [-0.4, -0.2) is 22.5 Å². The topological polar surface area (TPSA) is 20.5 Å². The Hall–Kier alpha value is -1.22. The van der Waals surface area contributed by atoms with E-state index in [1.165, 1.54) is 0 Å². The van der Waals surface area contributed by atoms with Crippen LogP contribution in [-0.2, 0) is 5.88 Å². The van der Waals surface area contributed by atoms with Crippen LogP contribution in [0.1, 0.15) is 32.4 Å². The van der Waals surface area contributed by atoms with Gasteiger partial charge in [0, 0.05) is 19.3 Å². The quantitative estimate of drug-likeness (QED) is 0.769. The molecule has 0 fully saturated rings. The molecule has 98 valence electrons. The van der Waals surface area contributed by atoms with Crippen molar-refractivity contribution in [3.05, 3.63) is 30.1 Å². The maximum Gasteiger partial charge on any atom is 0.152 e. The molecule has 0 aliphatic rings. The number of anilines is 1. The van der Waals surface area contributed by atoms with Crippen LogP contribution in [0.5, 0.6) is 0 Å². The normalized spacial score (nSPS) is 11.4. The molecular formula is C14H20ClN3. The van der Waals surface area contributed by atoms with E-state index in [9.17, 15) is 0 Å². The molecule has 0 saturated carbocycles. The molecule has 0 N–H and O–H groups in total. The summed E-state index contributed by atoms with van der Waals surface area (Å²) in [6.45, 7) is 4.42. The fourth-order valence-electron chi connectivity index (χ4n) is 2.45. The van der Waals surface area contributed by atoms with Crippen LogP contribution in [0.3, 0.4) is 0 Å². The molecule has 2 aromatic heterocycles. The molecule has 0 aliphatic heterocycles. The maximum atomic E-state index is 6.10. The zero-order chi connectivity index (χ0) is 13.1. The Bertz CT molecular complexity index is 517. The molecule has 2 rings (SSSR count). The third-order valence-corrected chi connectivity index (χ3v) is 3.81. The summed E-state index contributed by atoms with van der Waals surface area (Å²) in [6.07, 6.45) is 4.25. The number of hydrogen-bond acceptors (Lipinski definition) is 2. The Morgan fingerprint density at radius 1 is 1.33 bits per heavy atom. The maximum absolute atomic E-state index is 6.10. The number of rotatable bonds is 5. The average Bonchev–Trinajstić information content (AvgIpc) is 2.78. The predicted molar refractivity (Wildman–Crippen MR) is 77.5 cm³/mol. The lowest BCUT2D eigenvalue weighted by Gasteiger charge is -2.27. The molecule has 0 spiro atoms. The zero-order valence-corrected chi connectivity index (χ0v) is 12.0. The molecule has 0 unspecified atom stereocenters. The van der Waals surface area contributed by atoms with E-state index in [4.69, 9.17) is 16.6 Å². The van der Waals surface area contributed by atoms with Gasteiger partial charge < -0.3 is 9.30 Å². The first-order chi connectivity index (χ1) is 8.72. The number of alkyl halides is 1. The van der Waals surface area contributed by atoms with Gasteiger partial charge in [-0.05, 0) is 25.0 Å². The monoisotopic (exact) mass is 265 g/mol. The van der Waals surface area contributed by atoms with Crippen molar-refractivity contribution < 1.29 is 0 Å². The van der Waals surface area contributed by atoms with Crippen molar-refractivity contribution in [2.75, 3.05) is 11.9 Å². The molecule has 4 heteroatoms. The highest BCUT2D eigenvalue weighted by molar-refractivity contribution is 6.17. The van der Waals surface area contributed by atoms with Crippen LogP contribution < -0.4 is 4.90 Å². The summed E-state index contributed by atoms with van der Waals surface area (Å²) in [5.74, 6) is 1.48. The van der Waals surface area contributed by atoms with Crippen LogP contribution in [0.2, 0.25) is 0 Å². The molecule has 0 saturated heterocycles. The fourth-order valence-corrected chi connectivity index (χ4v) is 2.70. The van der Waals surface area contributed by atoms with E-state index in [0.717, 1.165) is 30.0 Å². The Morgan fingerprint density at radius 2 is 2.06 bits per heavy atom. The van der Waals surface area contributed by atoms with Crippen LogP contribution >= 0.6 is 11.6 Å². The van der Waals surface area contributed by atoms with Crippen molar-refractivity contribution in [1.29, 1.82) is 0 Å². The van der Waals surface area contributed by atoms with Gasteiger partial charge in [-0.2, -0.15) is 0 Å². The first-order valence-corrected chi connectivity index (χ1v) is 7.01. The number of hydrogen-bond donors (Lipinski definition) is 0. The molecule has 2 aromatic rings. The highest BCUT2D eigenvalue weighted by Gasteiger charge is 2.19. The molecule has 0 aliphatic carbocycles. The summed E-state index contributed by atoms with van der Waals surface area (Å²) in [5.41, 5.74) is 2.03. The smallest absolute Gasteiger partial charge is 0.152 e.